The second kappa shape index (κ2) is 17.2. The summed E-state index contributed by atoms with van der Waals surface area (Å²) in [6.07, 6.45) is 20.0. The van der Waals surface area contributed by atoms with Crippen LogP contribution < -0.4 is 4.74 Å². The summed E-state index contributed by atoms with van der Waals surface area (Å²) < 4.78 is 5.37. The number of unbranched alkanes of at least 4 members (excludes halogenated alkanes) is 14. The van der Waals surface area contributed by atoms with Gasteiger partial charge in [0.1, 0.15) is 5.75 Å². The summed E-state index contributed by atoms with van der Waals surface area (Å²) in [6, 6.07) is 6.94. The van der Waals surface area contributed by atoms with Gasteiger partial charge >= 0.3 is 5.97 Å². The maximum absolute atomic E-state index is 12.0. The summed E-state index contributed by atoms with van der Waals surface area (Å²) in [5, 5.41) is 0. The van der Waals surface area contributed by atoms with Crippen LogP contribution in [0.25, 0.3) is 0 Å². The van der Waals surface area contributed by atoms with Gasteiger partial charge in [-0.2, -0.15) is 0 Å². The number of rotatable bonds is 18. The van der Waals surface area contributed by atoms with Crippen LogP contribution in [0.15, 0.2) is 24.3 Å². The van der Waals surface area contributed by atoms with Crippen molar-refractivity contribution in [2.45, 2.75) is 117 Å². The van der Waals surface area contributed by atoms with Gasteiger partial charge in [0, 0.05) is 6.42 Å². The predicted octanol–water partition coefficient (Wildman–Crippen LogP) is 8.06. The van der Waals surface area contributed by atoms with Crippen LogP contribution in [0, 0.1) is 0 Å². The van der Waals surface area contributed by atoms with Crippen molar-refractivity contribution in [2.75, 3.05) is 0 Å². The van der Waals surface area contributed by atoms with Crippen molar-refractivity contribution >= 4 is 11.8 Å². The molecular weight excluding hydrogens is 360 g/mol. The van der Waals surface area contributed by atoms with Crippen LogP contribution in [-0.2, 0) is 4.79 Å². The van der Waals surface area contributed by atoms with Gasteiger partial charge in [0.15, 0.2) is 5.78 Å². The lowest BCUT2D eigenvalue weighted by Gasteiger charge is -2.08. The molecule has 1 aromatic rings. The van der Waals surface area contributed by atoms with Crippen molar-refractivity contribution in [3.63, 3.8) is 0 Å². The van der Waals surface area contributed by atoms with Gasteiger partial charge in [-0.25, -0.2) is 0 Å². The van der Waals surface area contributed by atoms with Crippen LogP contribution >= 0.6 is 0 Å². The highest BCUT2D eigenvalue weighted by atomic mass is 16.5. The first-order chi connectivity index (χ1) is 14.1. The number of esters is 1. The number of ketones is 1. The smallest absolute Gasteiger partial charge is 0.311 e. The van der Waals surface area contributed by atoms with Crippen molar-refractivity contribution in [3.8, 4) is 5.75 Å². The van der Waals surface area contributed by atoms with E-state index in [0.29, 0.717) is 17.7 Å². The first kappa shape index (κ1) is 25.4. The molecular formula is C26H42O3. The van der Waals surface area contributed by atoms with Crippen molar-refractivity contribution < 1.29 is 14.3 Å². The number of para-hydroxylation sites is 1. The standard InChI is InChI=1S/C26H42O3/c1-3-4-5-6-7-8-9-10-11-12-13-14-15-16-17-22-26(28)29-25-21-19-18-20-24(25)23(2)27/h18-21H,3-17,22H2,1-2H3. The van der Waals surface area contributed by atoms with Crippen molar-refractivity contribution in [3.05, 3.63) is 29.8 Å². The quantitative estimate of drug-likeness (QED) is 0.108. The van der Waals surface area contributed by atoms with Crippen LogP contribution in [-0.4, -0.2) is 11.8 Å². The number of hydrogen-bond acceptors (Lipinski definition) is 3. The Bertz CT molecular complexity index is 565. The van der Waals surface area contributed by atoms with Crippen LogP contribution in [0.1, 0.15) is 127 Å². The number of hydrogen-bond donors (Lipinski definition) is 0. The van der Waals surface area contributed by atoms with Gasteiger partial charge in [0.2, 0.25) is 0 Å². The maximum atomic E-state index is 12.0. The van der Waals surface area contributed by atoms with E-state index in [4.69, 9.17) is 4.74 Å². The summed E-state index contributed by atoms with van der Waals surface area (Å²) >= 11 is 0. The van der Waals surface area contributed by atoms with Gasteiger partial charge in [-0.05, 0) is 25.5 Å². The maximum Gasteiger partial charge on any atom is 0.311 e. The SMILES string of the molecule is CCCCCCCCCCCCCCCCCC(=O)Oc1ccccc1C(C)=O. The zero-order valence-corrected chi connectivity index (χ0v) is 18.8. The average Bonchev–Trinajstić information content (AvgIpc) is 2.71. The lowest BCUT2D eigenvalue weighted by Crippen LogP contribution is -2.10. The van der Waals surface area contributed by atoms with E-state index in [1.807, 2.05) is 0 Å². The Morgan fingerprint density at radius 1 is 0.690 bits per heavy atom. The van der Waals surface area contributed by atoms with Gasteiger partial charge in [0.25, 0.3) is 0 Å². The highest BCUT2D eigenvalue weighted by molar-refractivity contribution is 5.97. The Hall–Kier alpha value is -1.64. The lowest BCUT2D eigenvalue weighted by atomic mass is 10.0. The number of carbonyl (C=O) groups is 2. The Morgan fingerprint density at radius 3 is 1.62 bits per heavy atom. The van der Waals surface area contributed by atoms with Crippen molar-refractivity contribution in [2.24, 2.45) is 0 Å². The first-order valence-electron chi connectivity index (χ1n) is 12.0. The third-order valence-corrected chi connectivity index (χ3v) is 5.47. The molecule has 0 amide bonds. The van der Waals surface area contributed by atoms with E-state index in [2.05, 4.69) is 6.92 Å². The topological polar surface area (TPSA) is 43.4 Å². The van der Waals surface area contributed by atoms with Crippen molar-refractivity contribution in [1.29, 1.82) is 0 Å². The molecule has 0 atom stereocenters. The molecule has 0 aromatic heterocycles. The largest absolute Gasteiger partial charge is 0.426 e. The van der Waals surface area contributed by atoms with E-state index in [1.54, 1.807) is 24.3 Å². The van der Waals surface area contributed by atoms with Gasteiger partial charge in [-0.3, -0.25) is 9.59 Å². The number of ether oxygens (including phenoxy) is 1. The third-order valence-electron chi connectivity index (χ3n) is 5.47. The Balaban J connectivity index is 1.92. The molecule has 29 heavy (non-hydrogen) atoms. The number of carbonyl (C=O) groups excluding carboxylic acids is 2. The molecule has 0 saturated carbocycles. The zero-order valence-electron chi connectivity index (χ0n) is 18.8. The summed E-state index contributed by atoms with van der Waals surface area (Å²) in [6.45, 7) is 3.76. The number of benzene rings is 1. The van der Waals surface area contributed by atoms with Gasteiger partial charge in [0.05, 0.1) is 5.56 Å². The predicted molar refractivity (Wildman–Crippen MR) is 122 cm³/mol. The molecule has 164 valence electrons. The van der Waals surface area contributed by atoms with Crippen LogP contribution in [0.3, 0.4) is 0 Å². The highest BCUT2D eigenvalue weighted by Crippen LogP contribution is 2.19. The second-order valence-electron chi connectivity index (χ2n) is 8.23. The summed E-state index contributed by atoms with van der Waals surface area (Å²) in [7, 11) is 0. The highest BCUT2D eigenvalue weighted by Gasteiger charge is 2.11. The molecule has 0 heterocycles. The van der Waals surface area contributed by atoms with E-state index in [1.165, 1.54) is 90.4 Å². The molecule has 0 unspecified atom stereocenters. The minimum atomic E-state index is -0.242. The van der Waals surface area contributed by atoms with Crippen LogP contribution in [0.2, 0.25) is 0 Å². The molecule has 0 bridgehead atoms. The molecule has 0 saturated heterocycles. The summed E-state index contributed by atoms with van der Waals surface area (Å²) in [5.74, 6) is 0.0553. The van der Waals surface area contributed by atoms with Gasteiger partial charge < -0.3 is 4.74 Å². The fraction of sp³-hybridized carbons (Fsp3) is 0.692. The Labute approximate surface area is 178 Å². The summed E-state index contributed by atoms with van der Waals surface area (Å²) in [4.78, 5) is 23.6. The molecule has 0 aliphatic rings. The molecule has 1 rings (SSSR count). The molecule has 3 heteroatoms. The molecule has 0 N–H and O–H groups in total. The van der Waals surface area contributed by atoms with Crippen LogP contribution in [0.4, 0.5) is 0 Å². The molecule has 1 aromatic carbocycles. The average molecular weight is 403 g/mol. The first-order valence-corrected chi connectivity index (χ1v) is 12.0. The van der Waals surface area contributed by atoms with E-state index >= 15 is 0 Å². The normalized spacial score (nSPS) is 10.8. The van der Waals surface area contributed by atoms with E-state index in [-0.39, 0.29) is 11.8 Å². The van der Waals surface area contributed by atoms with Crippen LogP contribution in [0.5, 0.6) is 5.75 Å². The Morgan fingerprint density at radius 2 is 1.14 bits per heavy atom. The number of Topliss-reactive ketones (excluding diaryl/α,β-unsaturated/α-hetero) is 1. The van der Waals surface area contributed by atoms with E-state index in [0.717, 1.165) is 12.8 Å². The van der Waals surface area contributed by atoms with Gasteiger partial charge in [-0.1, -0.05) is 109 Å². The summed E-state index contributed by atoms with van der Waals surface area (Å²) in [5.41, 5.74) is 0.470. The second-order valence-corrected chi connectivity index (χ2v) is 8.23. The van der Waals surface area contributed by atoms with Crippen molar-refractivity contribution in [1.82, 2.24) is 0 Å². The third kappa shape index (κ3) is 13.2. The molecule has 0 spiro atoms. The Kier molecular flexibility index (Phi) is 15.1. The fourth-order valence-electron chi connectivity index (χ4n) is 3.66. The lowest BCUT2D eigenvalue weighted by molar-refractivity contribution is -0.134. The monoisotopic (exact) mass is 402 g/mol. The molecule has 0 aliphatic carbocycles. The minimum absolute atomic E-state index is 0.0830. The van der Waals surface area contributed by atoms with E-state index < -0.39 is 0 Å². The fourth-order valence-corrected chi connectivity index (χ4v) is 3.66. The molecule has 0 aliphatic heterocycles. The zero-order chi connectivity index (χ0) is 21.2. The van der Waals surface area contributed by atoms with E-state index in [9.17, 15) is 9.59 Å². The molecule has 3 nitrogen and oxygen atoms in total. The molecule has 0 fully saturated rings. The van der Waals surface area contributed by atoms with Gasteiger partial charge in [-0.15, -0.1) is 0 Å². The minimum Gasteiger partial charge on any atom is -0.426 e. The molecule has 0 radical (unpaired) electrons.